The summed E-state index contributed by atoms with van der Waals surface area (Å²) in [6, 6.07) is 1.07. The smallest absolute Gasteiger partial charge is 0.0615 e. The number of hydrogen-bond acceptors (Lipinski definition) is 3. The quantitative estimate of drug-likeness (QED) is 0.760. The van der Waals surface area contributed by atoms with E-state index in [1.165, 1.54) is 0 Å². The van der Waals surface area contributed by atoms with E-state index in [0.717, 1.165) is 25.9 Å². The highest BCUT2D eigenvalue weighted by atomic mass is 16.5. The molecular formula is C12H25NO2. The minimum atomic E-state index is 0.381. The lowest BCUT2D eigenvalue weighted by molar-refractivity contribution is -0.0448. The summed E-state index contributed by atoms with van der Waals surface area (Å²) in [5.41, 5.74) is 0. The van der Waals surface area contributed by atoms with Gasteiger partial charge in [-0.2, -0.15) is 0 Å². The SMILES string of the molecule is CC[C@@H](COC)NC1C[C@@H](C)O[C@@H](C)C1. The summed E-state index contributed by atoms with van der Waals surface area (Å²) in [6.07, 6.45) is 4.11. The summed E-state index contributed by atoms with van der Waals surface area (Å²) < 4.78 is 10.9. The van der Waals surface area contributed by atoms with Crippen LogP contribution in [0.25, 0.3) is 0 Å². The predicted octanol–water partition coefficient (Wildman–Crippen LogP) is 1.96. The Bertz CT molecular complexity index is 165. The molecule has 3 nitrogen and oxygen atoms in total. The lowest BCUT2D eigenvalue weighted by Crippen LogP contribution is -2.47. The molecule has 0 aromatic rings. The van der Waals surface area contributed by atoms with Gasteiger partial charge >= 0.3 is 0 Å². The van der Waals surface area contributed by atoms with Gasteiger partial charge in [0.2, 0.25) is 0 Å². The highest BCUT2D eigenvalue weighted by molar-refractivity contribution is 4.81. The molecule has 1 rings (SSSR count). The van der Waals surface area contributed by atoms with Gasteiger partial charge < -0.3 is 14.8 Å². The van der Waals surface area contributed by atoms with Crippen molar-refractivity contribution >= 4 is 0 Å². The monoisotopic (exact) mass is 215 g/mol. The van der Waals surface area contributed by atoms with Crippen LogP contribution in [0.3, 0.4) is 0 Å². The fraction of sp³-hybridized carbons (Fsp3) is 1.00. The van der Waals surface area contributed by atoms with Crippen LogP contribution < -0.4 is 5.32 Å². The Morgan fingerprint density at radius 2 is 1.93 bits per heavy atom. The highest BCUT2D eigenvalue weighted by Gasteiger charge is 2.25. The molecule has 0 saturated carbocycles. The Morgan fingerprint density at radius 3 is 2.40 bits per heavy atom. The highest BCUT2D eigenvalue weighted by Crippen LogP contribution is 2.19. The normalized spacial score (nSPS) is 34.0. The van der Waals surface area contributed by atoms with Crippen LogP contribution in [0.1, 0.15) is 40.0 Å². The van der Waals surface area contributed by atoms with Gasteiger partial charge in [-0.1, -0.05) is 6.92 Å². The number of nitrogens with one attached hydrogen (secondary N) is 1. The molecule has 1 aliphatic rings. The van der Waals surface area contributed by atoms with E-state index < -0.39 is 0 Å². The molecule has 0 aliphatic carbocycles. The van der Waals surface area contributed by atoms with Crippen LogP contribution >= 0.6 is 0 Å². The summed E-state index contributed by atoms with van der Waals surface area (Å²) >= 11 is 0. The lowest BCUT2D eigenvalue weighted by atomic mass is 9.98. The molecule has 0 aromatic heterocycles. The Hall–Kier alpha value is -0.120. The standard InChI is InChI=1S/C12H25NO2/c1-5-11(8-14-4)13-12-6-9(2)15-10(3)7-12/h9-13H,5-8H2,1-4H3/t9-,10+,11-,12?/m0/s1. The summed E-state index contributed by atoms with van der Waals surface area (Å²) in [7, 11) is 1.76. The first-order valence-electron chi connectivity index (χ1n) is 6.06. The van der Waals surface area contributed by atoms with Crippen LogP contribution in [-0.2, 0) is 9.47 Å². The zero-order valence-electron chi connectivity index (χ0n) is 10.5. The molecular weight excluding hydrogens is 190 g/mol. The Balaban J connectivity index is 2.35. The summed E-state index contributed by atoms with van der Waals surface area (Å²) in [6.45, 7) is 7.31. The molecule has 1 saturated heterocycles. The molecule has 15 heavy (non-hydrogen) atoms. The third-order valence-electron chi connectivity index (χ3n) is 3.03. The van der Waals surface area contributed by atoms with Crippen molar-refractivity contribution < 1.29 is 9.47 Å². The Morgan fingerprint density at radius 1 is 1.33 bits per heavy atom. The maximum Gasteiger partial charge on any atom is 0.0615 e. The predicted molar refractivity (Wildman–Crippen MR) is 62.1 cm³/mol. The Kier molecular flexibility index (Phi) is 5.58. The second kappa shape index (κ2) is 6.46. The maximum absolute atomic E-state index is 5.72. The minimum absolute atomic E-state index is 0.381. The average Bonchev–Trinajstić information content (AvgIpc) is 2.15. The average molecular weight is 215 g/mol. The fourth-order valence-electron chi connectivity index (χ4n) is 2.36. The van der Waals surface area contributed by atoms with E-state index in [2.05, 4.69) is 26.1 Å². The third-order valence-corrected chi connectivity index (χ3v) is 3.03. The van der Waals surface area contributed by atoms with Crippen LogP contribution in [0, 0.1) is 0 Å². The number of methoxy groups -OCH3 is 1. The summed E-state index contributed by atoms with van der Waals surface area (Å²) in [5.74, 6) is 0. The Labute approximate surface area is 93.5 Å². The van der Waals surface area contributed by atoms with Crippen LogP contribution in [0.15, 0.2) is 0 Å². The van der Waals surface area contributed by atoms with Crippen molar-refractivity contribution in [3.05, 3.63) is 0 Å². The van der Waals surface area contributed by atoms with Gasteiger partial charge in [-0.3, -0.25) is 0 Å². The van der Waals surface area contributed by atoms with E-state index in [4.69, 9.17) is 9.47 Å². The van der Waals surface area contributed by atoms with E-state index in [0.29, 0.717) is 24.3 Å². The molecule has 1 unspecified atom stereocenters. The second-order valence-electron chi connectivity index (χ2n) is 4.65. The first-order valence-corrected chi connectivity index (χ1v) is 6.06. The van der Waals surface area contributed by atoms with Gasteiger partial charge in [0.25, 0.3) is 0 Å². The summed E-state index contributed by atoms with van der Waals surface area (Å²) in [5, 5.41) is 3.66. The largest absolute Gasteiger partial charge is 0.383 e. The molecule has 1 fully saturated rings. The zero-order valence-corrected chi connectivity index (χ0v) is 10.5. The number of ether oxygens (including phenoxy) is 2. The van der Waals surface area contributed by atoms with Crippen molar-refractivity contribution in [1.82, 2.24) is 5.32 Å². The minimum Gasteiger partial charge on any atom is -0.383 e. The van der Waals surface area contributed by atoms with Gasteiger partial charge in [-0.05, 0) is 33.1 Å². The van der Waals surface area contributed by atoms with Gasteiger partial charge in [0, 0.05) is 19.2 Å². The van der Waals surface area contributed by atoms with Crippen LogP contribution in [0.5, 0.6) is 0 Å². The van der Waals surface area contributed by atoms with Gasteiger partial charge in [0.05, 0.1) is 18.8 Å². The topological polar surface area (TPSA) is 30.5 Å². The van der Waals surface area contributed by atoms with Crippen molar-refractivity contribution in [2.24, 2.45) is 0 Å². The van der Waals surface area contributed by atoms with Crippen molar-refractivity contribution in [2.45, 2.75) is 64.3 Å². The van der Waals surface area contributed by atoms with E-state index in [1.807, 2.05) is 0 Å². The molecule has 1 N–H and O–H groups in total. The van der Waals surface area contributed by atoms with Crippen molar-refractivity contribution in [3.63, 3.8) is 0 Å². The third kappa shape index (κ3) is 4.49. The van der Waals surface area contributed by atoms with Crippen molar-refractivity contribution in [2.75, 3.05) is 13.7 Å². The van der Waals surface area contributed by atoms with Gasteiger partial charge in [-0.25, -0.2) is 0 Å². The van der Waals surface area contributed by atoms with E-state index >= 15 is 0 Å². The van der Waals surface area contributed by atoms with E-state index in [-0.39, 0.29) is 0 Å². The number of hydrogen-bond donors (Lipinski definition) is 1. The molecule has 0 amide bonds. The van der Waals surface area contributed by atoms with Crippen LogP contribution in [0.2, 0.25) is 0 Å². The lowest BCUT2D eigenvalue weighted by Gasteiger charge is -2.34. The molecule has 1 aliphatic heterocycles. The first kappa shape index (κ1) is 12.9. The molecule has 90 valence electrons. The molecule has 0 bridgehead atoms. The molecule has 0 spiro atoms. The molecule has 1 heterocycles. The van der Waals surface area contributed by atoms with Gasteiger partial charge in [0.15, 0.2) is 0 Å². The van der Waals surface area contributed by atoms with Crippen LogP contribution in [0.4, 0.5) is 0 Å². The van der Waals surface area contributed by atoms with Gasteiger partial charge in [0.1, 0.15) is 0 Å². The summed E-state index contributed by atoms with van der Waals surface area (Å²) in [4.78, 5) is 0. The zero-order chi connectivity index (χ0) is 11.3. The first-order chi connectivity index (χ1) is 7.15. The molecule has 0 aromatic carbocycles. The number of rotatable bonds is 5. The molecule has 3 heteroatoms. The molecule has 0 radical (unpaired) electrons. The van der Waals surface area contributed by atoms with Crippen molar-refractivity contribution in [3.8, 4) is 0 Å². The molecule has 4 atom stereocenters. The van der Waals surface area contributed by atoms with Crippen LogP contribution in [-0.4, -0.2) is 38.0 Å². The second-order valence-corrected chi connectivity index (χ2v) is 4.65. The maximum atomic E-state index is 5.72. The fourth-order valence-corrected chi connectivity index (χ4v) is 2.36. The van der Waals surface area contributed by atoms with E-state index in [1.54, 1.807) is 7.11 Å². The van der Waals surface area contributed by atoms with Crippen molar-refractivity contribution in [1.29, 1.82) is 0 Å². The van der Waals surface area contributed by atoms with E-state index in [9.17, 15) is 0 Å². The van der Waals surface area contributed by atoms with Gasteiger partial charge in [-0.15, -0.1) is 0 Å².